The van der Waals surface area contributed by atoms with Gasteiger partial charge in [0.15, 0.2) is 0 Å². The Morgan fingerprint density at radius 2 is 2.09 bits per heavy atom. The number of hydrogen-bond acceptors (Lipinski definition) is 4. The summed E-state index contributed by atoms with van der Waals surface area (Å²) in [5, 5.41) is 13.4. The Balaban J connectivity index is 1.85. The van der Waals surface area contributed by atoms with Crippen molar-refractivity contribution in [1.82, 2.24) is 24.9 Å². The van der Waals surface area contributed by atoms with Crippen molar-refractivity contribution in [1.29, 1.82) is 0 Å². The minimum absolute atomic E-state index is 0.124. The summed E-state index contributed by atoms with van der Waals surface area (Å²) in [4.78, 5) is 23.7. The van der Waals surface area contributed by atoms with E-state index in [1.54, 1.807) is 34.9 Å². The Bertz CT molecular complexity index is 666. The molecule has 0 aromatic carbocycles. The quantitative estimate of drug-likeness (QED) is 0.857. The van der Waals surface area contributed by atoms with E-state index in [1.807, 2.05) is 20.8 Å². The second-order valence-corrected chi connectivity index (χ2v) is 5.33. The molecule has 0 unspecified atom stereocenters. The molecule has 8 heteroatoms. The zero-order chi connectivity index (χ0) is 16.3. The summed E-state index contributed by atoms with van der Waals surface area (Å²) in [7, 11) is 1.76. The summed E-state index contributed by atoms with van der Waals surface area (Å²) in [5.74, 6) is -0.693. The number of amides is 2. The van der Waals surface area contributed by atoms with Gasteiger partial charge in [0.25, 0.3) is 5.91 Å². The van der Waals surface area contributed by atoms with Crippen molar-refractivity contribution < 1.29 is 9.59 Å². The molecule has 0 atom stereocenters. The van der Waals surface area contributed by atoms with Gasteiger partial charge in [-0.3, -0.25) is 19.0 Å². The standard InChI is InChI=1S/C14H20N6O2/c1-9(2)20-8-11(6-16-20)17-13(21)7-15-14(22)12-5-10(3)19(4)18-12/h5-6,8-9H,7H2,1-4H3,(H,15,22)(H,17,21). The van der Waals surface area contributed by atoms with E-state index in [9.17, 15) is 9.59 Å². The highest BCUT2D eigenvalue weighted by Crippen LogP contribution is 2.09. The largest absolute Gasteiger partial charge is 0.342 e. The fourth-order valence-electron chi connectivity index (χ4n) is 1.81. The maximum absolute atomic E-state index is 11.9. The number of carbonyl (C=O) groups is 2. The monoisotopic (exact) mass is 304 g/mol. The number of nitrogens with zero attached hydrogens (tertiary/aromatic N) is 4. The average molecular weight is 304 g/mol. The fourth-order valence-corrected chi connectivity index (χ4v) is 1.81. The molecule has 0 radical (unpaired) electrons. The molecule has 2 heterocycles. The number of aryl methyl sites for hydroxylation is 2. The van der Waals surface area contributed by atoms with Crippen LogP contribution >= 0.6 is 0 Å². The molecule has 22 heavy (non-hydrogen) atoms. The van der Waals surface area contributed by atoms with Crippen LogP contribution in [-0.2, 0) is 11.8 Å². The van der Waals surface area contributed by atoms with Crippen molar-refractivity contribution >= 4 is 17.5 Å². The summed E-state index contributed by atoms with van der Waals surface area (Å²) in [6.45, 7) is 5.71. The van der Waals surface area contributed by atoms with E-state index >= 15 is 0 Å². The number of carbonyl (C=O) groups excluding carboxylic acids is 2. The summed E-state index contributed by atoms with van der Waals surface area (Å²) >= 11 is 0. The summed E-state index contributed by atoms with van der Waals surface area (Å²) < 4.78 is 3.35. The number of rotatable bonds is 5. The number of hydrogen-bond donors (Lipinski definition) is 2. The predicted octanol–water partition coefficient (Wildman–Crippen LogP) is 0.874. The van der Waals surface area contributed by atoms with Crippen LogP contribution in [0.3, 0.4) is 0 Å². The Kier molecular flexibility index (Phi) is 4.59. The lowest BCUT2D eigenvalue weighted by Gasteiger charge is -2.05. The molecule has 2 N–H and O–H groups in total. The van der Waals surface area contributed by atoms with Gasteiger partial charge in [0, 0.05) is 25.0 Å². The molecular formula is C14H20N6O2. The number of nitrogens with one attached hydrogen (secondary N) is 2. The van der Waals surface area contributed by atoms with Crippen molar-refractivity contribution in [2.75, 3.05) is 11.9 Å². The van der Waals surface area contributed by atoms with Crippen molar-refractivity contribution in [3.05, 3.63) is 29.8 Å². The predicted molar refractivity (Wildman–Crippen MR) is 81.5 cm³/mol. The first kappa shape index (κ1) is 15.7. The van der Waals surface area contributed by atoms with Gasteiger partial charge in [-0.15, -0.1) is 0 Å². The van der Waals surface area contributed by atoms with Crippen LogP contribution in [-0.4, -0.2) is 37.9 Å². The molecule has 0 aliphatic rings. The van der Waals surface area contributed by atoms with Gasteiger partial charge in [-0.25, -0.2) is 0 Å². The van der Waals surface area contributed by atoms with E-state index in [-0.39, 0.29) is 24.4 Å². The van der Waals surface area contributed by atoms with Crippen LogP contribution in [0.15, 0.2) is 18.5 Å². The van der Waals surface area contributed by atoms with Crippen molar-refractivity contribution in [3.63, 3.8) is 0 Å². The van der Waals surface area contributed by atoms with Gasteiger partial charge >= 0.3 is 0 Å². The van der Waals surface area contributed by atoms with Crippen LogP contribution in [0.5, 0.6) is 0 Å². The molecule has 0 saturated heterocycles. The highest BCUT2D eigenvalue weighted by molar-refractivity contribution is 5.98. The lowest BCUT2D eigenvalue weighted by molar-refractivity contribution is -0.115. The zero-order valence-electron chi connectivity index (χ0n) is 13.1. The summed E-state index contributed by atoms with van der Waals surface area (Å²) in [6, 6.07) is 1.89. The first-order valence-electron chi connectivity index (χ1n) is 6.99. The highest BCUT2D eigenvalue weighted by atomic mass is 16.2. The SMILES string of the molecule is Cc1cc(C(=O)NCC(=O)Nc2cnn(C(C)C)c2)nn1C. The third-order valence-corrected chi connectivity index (χ3v) is 3.17. The second kappa shape index (κ2) is 6.42. The lowest BCUT2D eigenvalue weighted by atomic mass is 10.3. The first-order chi connectivity index (χ1) is 10.4. The van der Waals surface area contributed by atoms with Gasteiger partial charge in [0.05, 0.1) is 18.4 Å². The van der Waals surface area contributed by atoms with Crippen LogP contribution in [0.25, 0.3) is 0 Å². The molecule has 0 saturated carbocycles. The van der Waals surface area contributed by atoms with Gasteiger partial charge in [-0.1, -0.05) is 0 Å². The van der Waals surface area contributed by atoms with E-state index in [0.717, 1.165) is 5.69 Å². The molecule has 2 amide bonds. The molecule has 0 bridgehead atoms. The van der Waals surface area contributed by atoms with E-state index in [0.29, 0.717) is 11.4 Å². The van der Waals surface area contributed by atoms with Crippen molar-refractivity contribution in [2.24, 2.45) is 7.05 Å². The number of anilines is 1. The first-order valence-corrected chi connectivity index (χ1v) is 6.99. The number of aromatic nitrogens is 4. The minimum Gasteiger partial charge on any atom is -0.342 e. The smallest absolute Gasteiger partial charge is 0.272 e. The summed E-state index contributed by atoms with van der Waals surface area (Å²) in [6.07, 6.45) is 3.31. The van der Waals surface area contributed by atoms with Gasteiger partial charge in [0.2, 0.25) is 5.91 Å². The van der Waals surface area contributed by atoms with Gasteiger partial charge in [-0.05, 0) is 26.8 Å². The average Bonchev–Trinajstić information content (AvgIpc) is 3.04. The van der Waals surface area contributed by atoms with E-state index < -0.39 is 0 Å². The molecule has 0 fully saturated rings. The highest BCUT2D eigenvalue weighted by Gasteiger charge is 2.12. The third kappa shape index (κ3) is 3.72. The van der Waals surface area contributed by atoms with Crippen molar-refractivity contribution in [2.45, 2.75) is 26.8 Å². The molecule has 2 aromatic rings. The van der Waals surface area contributed by atoms with Gasteiger partial charge in [-0.2, -0.15) is 10.2 Å². The minimum atomic E-state index is -0.378. The molecule has 0 aliphatic carbocycles. The maximum atomic E-state index is 11.9. The molecule has 0 spiro atoms. The van der Waals surface area contributed by atoms with Crippen molar-refractivity contribution in [3.8, 4) is 0 Å². The Morgan fingerprint density at radius 1 is 1.36 bits per heavy atom. The van der Waals surface area contributed by atoms with Crippen LogP contribution in [0.1, 0.15) is 36.1 Å². The molecule has 0 aliphatic heterocycles. The van der Waals surface area contributed by atoms with E-state index in [1.165, 1.54) is 0 Å². The van der Waals surface area contributed by atoms with Gasteiger partial charge in [0.1, 0.15) is 5.69 Å². The topological polar surface area (TPSA) is 93.8 Å². The molecule has 2 aromatic heterocycles. The fraction of sp³-hybridized carbons (Fsp3) is 0.429. The maximum Gasteiger partial charge on any atom is 0.272 e. The normalized spacial score (nSPS) is 10.8. The Labute approximate surface area is 128 Å². The second-order valence-electron chi connectivity index (χ2n) is 5.33. The zero-order valence-corrected chi connectivity index (χ0v) is 13.1. The summed E-state index contributed by atoms with van der Waals surface area (Å²) in [5.41, 5.74) is 1.76. The molecule has 2 rings (SSSR count). The molecular weight excluding hydrogens is 284 g/mol. The Hall–Kier alpha value is -2.64. The van der Waals surface area contributed by atoms with E-state index in [4.69, 9.17) is 0 Å². The Morgan fingerprint density at radius 3 is 2.64 bits per heavy atom. The van der Waals surface area contributed by atoms with Gasteiger partial charge < -0.3 is 10.6 Å². The van der Waals surface area contributed by atoms with Crippen LogP contribution < -0.4 is 10.6 Å². The molecule has 8 nitrogen and oxygen atoms in total. The van der Waals surface area contributed by atoms with Crippen LogP contribution in [0, 0.1) is 6.92 Å². The van der Waals surface area contributed by atoms with Crippen LogP contribution in [0.2, 0.25) is 0 Å². The lowest BCUT2D eigenvalue weighted by Crippen LogP contribution is -2.33. The van der Waals surface area contributed by atoms with E-state index in [2.05, 4.69) is 20.8 Å². The van der Waals surface area contributed by atoms with Crippen LogP contribution in [0.4, 0.5) is 5.69 Å². The molecule has 118 valence electrons. The third-order valence-electron chi connectivity index (χ3n) is 3.17.